The summed E-state index contributed by atoms with van der Waals surface area (Å²) in [5.41, 5.74) is 21.4. The molecule has 412 valence electrons. The van der Waals surface area contributed by atoms with Gasteiger partial charge in [0.2, 0.25) is 0 Å². The minimum atomic E-state index is -0.648. The number of hydrogen-bond donors (Lipinski definition) is 4. The number of hydrogen-bond acceptors (Lipinski definition) is 8. The van der Waals surface area contributed by atoms with E-state index in [2.05, 4.69) is 198 Å². The highest BCUT2D eigenvalue weighted by atomic mass is 16.5. The molecule has 0 heterocycles. The summed E-state index contributed by atoms with van der Waals surface area (Å²) in [6, 6.07) is 77.1. The molecule has 4 N–H and O–H groups in total. The third kappa shape index (κ3) is 9.81. The Morgan fingerprint density at radius 2 is 0.561 bits per heavy atom. The van der Waals surface area contributed by atoms with E-state index in [0.29, 0.717) is 0 Å². The lowest BCUT2D eigenvalue weighted by atomic mass is 9.66. The lowest BCUT2D eigenvalue weighted by Gasteiger charge is -2.35. The van der Waals surface area contributed by atoms with E-state index in [1.54, 1.807) is 0 Å². The second-order valence-electron chi connectivity index (χ2n) is 21.0. The molecule has 0 aliphatic heterocycles. The van der Waals surface area contributed by atoms with Crippen LogP contribution in [0.1, 0.15) is 66.8 Å². The van der Waals surface area contributed by atoms with Gasteiger partial charge in [0.15, 0.2) is 0 Å². The van der Waals surface area contributed by atoms with E-state index in [-0.39, 0.29) is 52.9 Å². The molecule has 10 aromatic carbocycles. The van der Waals surface area contributed by atoms with Crippen LogP contribution in [0.15, 0.2) is 218 Å². The number of aliphatic hydroxyl groups excluding tert-OH is 4. The Bertz CT molecular complexity index is 3590. The zero-order valence-corrected chi connectivity index (χ0v) is 46.9. The number of aryl methyl sites for hydroxylation is 4. The van der Waals surface area contributed by atoms with Crippen LogP contribution in [-0.4, -0.2) is 73.3 Å². The number of fused-ring (bicyclic) bond motifs is 6. The van der Waals surface area contributed by atoms with Gasteiger partial charge in [-0.05, 0) is 152 Å². The Balaban J connectivity index is 0.000000176. The van der Waals surface area contributed by atoms with Gasteiger partial charge in [0.1, 0.15) is 49.4 Å². The first-order chi connectivity index (χ1) is 40.2. The van der Waals surface area contributed by atoms with Gasteiger partial charge in [-0.25, -0.2) is 0 Å². The molecule has 0 aromatic heterocycles. The largest absolute Gasteiger partial charge is 0.491 e. The molecule has 12 rings (SSSR count). The molecular formula is C74H68O8. The fraction of sp³-hybridized carbons (Fsp3) is 0.189. The first kappa shape index (κ1) is 55.2. The molecule has 8 heteroatoms. The first-order valence-corrected chi connectivity index (χ1v) is 28.2. The van der Waals surface area contributed by atoms with Crippen molar-refractivity contribution in [1.29, 1.82) is 0 Å². The van der Waals surface area contributed by atoms with Gasteiger partial charge >= 0.3 is 0 Å². The van der Waals surface area contributed by atoms with Crippen molar-refractivity contribution in [3.8, 4) is 67.5 Å². The molecule has 0 radical (unpaired) electrons. The van der Waals surface area contributed by atoms with Crippen molar-refractivity contribution >= 4 is 0 Å². The molecule has 0 saturated carbocycles. The van der Waals surface area contributed by atoms with E-state index in [1.807, 2.05) is 48.5 Å². The van der Waals surface area contributed by atoms with E-state index >= 15 is 0 Å². The lowest BCUT2D eigenvalue weighted by Crippen LogP contribution is -2.29. The molecule has 0 unspecified atom stereocenters. The number of rotatable bonds is 18. The maximum absolute atomic E-state index is 9.57. The number of ether oxygens (including phenoxy) is 4. The minimum absolute atomic E-state index is 0.0193. The molecule has 82 heavy (non-hydrogen) atoms. The second-order valence-corrected chi connectivity index (χ2v) is 21.0. The van der Waals surface area contributed by atoms with Crippen LogP contribution in [-0.2, 0) is 10.8 Å². The third-order valence-electron chi connectivity index (χ3n) is 16.1. The zero-order valence-electron chi connectivity index (χ0n) is 46.9. The molecule has 0 bridgehead atoms. The standard InChI is InChI=1S/C41H34O4.C33H34O4/c42-23-25-44-39-21-19-31(27-35(39)29-11-3-1-4-12-29)41(37-17-9-7-15-33(37)34-16-8-10-18-38(34)41)32-20-22-40(45-26-24-43)36(28-32)30-13-5-2-6-14-30;1-21-17-25(18-22(2)31(21)36-15-13-34)33(26-19-23(3)32(24(4)20-26)37-16-14-35)29-11-7-5-9-27(29)28-10-6-8-12-30(28)33/h1-22,27-28,42-43H,23-26H2;5-12,17-20,34-35H,13-16H2,1-4H3. The van der Waals surface area contributed by atoms with Crippen molar-refractivity contribution < 1.29 is 39.4 Å². The van der Waals surface area contributed by atoms with Gasteiger partial charge in [0, 0.05) is 11.1 Å². The summed E-state index contributed by atoms with van der Waals surface area (Å²) < 4.78 is 24.0. The van der Waals surface area contributed by atoms with Crippen molar-refractivity contribution in [2.24, 2.45) is 0 Å². The molecule has 2 aliphatic rings. The van der Waals surface area contributed by atoms with Crippen LogP contribution in [0.3, 0.4) is 0 Å². The fourth-order valence-electron chi connectivity index (χ4n) is 12.9. The van der Waals surface area contributed by atoms with Crippen LogP contribution in [0.4, 0.5) is 0 Å². The molecule has 0 fully saturated rings. The quantitative estimate of drug-likeness (QED) is 0.0671. The van der Waals surface area contributed by atoms with Crippen molar-refractivity contribution in [3.63, 3.8) is 0 Å². The van der Waals surface area contributed by atoms with Crippen molar-refractivity contribution in [1.82, 2.24) is 0 Å². The molecule has 0 spiro atoms. The number of aliphatic hydroxyl groups is 4. The number of benzene rings is 10. The van der Waals surface area contributed by atoms with E-state index in [9.17, 15) is 20.4 Å². The lowest BCUT2D eigenvalue weighted by molar-refractivity contribution is 0.200. The van der Waals surface area contributed by atoms with E-state index < -0.39 is 10.8 Å². The van der Waals surface area contributed by atoms with Crippen LogP contribution < -0.4 is 18.9 Å². The SMILES string of the molecule is Cc1cc(C2(c3cc(C)c(OCCO)c(C)c3)c3ccccc3-c3ccccc32)cc(C)c1OCCO.OCCOc1ccc(C2(c3ccc(OCCO)c(-c4ccccc4)c3)c3ccccc3-c3ccccc32)cc1-c1ccccc1. The second kappa shape index (κ2) is 24.1. The maximum atomic E-state index is 9.57. The maximum Gasteiger partial charge on any atom is 0.127 e. The summed E-state index contributed by atoms with van der Waals surface area (Å²) >= 11 is 0. The minimum Gasteiger partial charge on any atom is -0.491 e. The molecule has 0 atom stereocenters. The summed E-state index contributed by atoms with van der Waals surface area (Å²) in [6.45, 7) is 9.11. The van der Waals surface area contributed by atoms with Crippen LogP contribution in [0.5, 0.6) is 23.0 Å². The Hall–Kier alpha value is -8.76. The topological polar surface area (TPSA) is 118 Å². The van der Waals surface area contributed by atoms with Crippen LogP contribution in [0.25, 0.3) is 44.5 Å². The van der Waals surface area contributed by atoms with Crippen LogP contribution >= 0.6 is 0 Å². The molecule has 0 saturated heterocycles. The van der Waals surface area contributed by atoms with Gasteiger partial charge in [-0.2, -0.15) is 0 Å². The van der Waals surface area contributed by atoms with Gasteiger partial charge in [0.25, 0.3) is 0 Å². The molecular weight excluding hydrogens is 1020 g/mol. The summed E-state index contributed by atoms with van der Waals surface area (Å²) in [6.07, 6.45) is 0. The van der Waals surface area contributed by atoms with Gasteiger partial charge < -0.3 is 39.4 Å². The highest BCUT2D eigenvalue weighted by Gasteiger charge is 2.48. The summed E-state index contributed by atoms with van der Waals surface area (Å²) in [4.78, 5) is 0. The monoisotopic (exact) mass is 1080 g/mol. The predicted octanol–water partition coefficient (Wildman–Crippen LogP) is 14.2. The average Bonchev–Trinajstić information content (AvgIpc) is 2.82. The van der Waals surface area contributed by atoms with E-state index in [0.717, 1.165) is 78.6 Å². The Morgan fingerprint density at radius 3 is 0.878 bits per heavy atom. The summed E-state index contributed by atoms with van der Waals surface area (Å²) in [5.74, 6) is 3.11. The van der Waals surface area contributed by atoms with Crippen molar-refractivity contribution in [2.45, 2.75) is 38.5 Å². The fourth-order valence-corrected chi connectivity index (χ4v) is 12.9. The Morgan fingerprint density at radius 1 is 0.280 bits per heavy atom. The van der Waals surface area contributed by atoms with Crippen LogP contribution in [0.2, 0.25) is 0 Å². The molecule has 10 aromatic rings. The van der Waals surface area contributed by atoms with Gasteiger partial charge in [0.05, 0.1) is 37.3 Å². The van der Waals surface area contributed by atoms with Gasteiger partial charge in [-0.1, -0.05) is 194 Å². The predicted molar refractivity (Wildman–Crippen MR) is 328 cm³/mol. The Kier molecular flexibility index (Phi) is 16.2. The van der Waals surface area contributed by atoms with Crippen molar-refractivity contribution in [3.05, 3.63) is 285 Å². The normalized spacial score (nSPS) is 13.0. The van der Waals surface area contributed by atoms with Gasteiger partial charge in [-0.15, -0.1) is 0 Å². The van der Waals surface area contributed by atoms with Crippen molar-refractivity contribution in [2.75, 3.05) is 52.9 Å². The third-order valence-corrected chi connectivity index (χ3v) is 16.1. The summed E-state index contributed by atoms with van der Waals surface area (Å²) in [7, 11) is 0. The molecule has 8 nitrogen and oxygen atoms in total. The highest BCUT2D eigenvalue weighted by molar-refractivity contribution is 5.89. The highest BCUT2D eigenvalue weighted by Crippen LogP contribution is 2.59. The first-order valence-electron chi connectivity index (χ1n) is 28.2. The van der Waals surface area contributed by atoms with Crippen LogP contribution in [0, 0.1) is 27.7 Å². The Labute approximate surface area is 481 Å². The smallest absolute Gasteiger partial charge is 0.127 e. The van der Waals surface area contributed by atoms with E-state index in [4.69, 9.17) is 18.9 Å². The molecule has 0 amide bonds. The zero-order chi connectivity index (χ0) is 56.8. The van der Waals surface area contributed by atoms with Gasteiger partial charge in [-0.3, -0.25) is 0 Å². The molecule has 2 aliphatic carbocycles. The summed E-state index contributed by atoms with van der Waals surface area (Å²) in [5, 5.41) is 37.8. The average molecular weight is 1090 g/mol. The van der Waals surface area contributed by atoms with E-state index in [1.165, 1.54) is 55.6 Å².